The molecule has 0 aliphatic carbocycles. The molecule has 2 nitrogen and oxygen atoms in total. The van der Waals surface area contributed by atoms with Crippen LogP contribution in [0.1, 0.15) is 10.4 Å². The molecule has 92 valence electrons. The van der Waals surface area contributed by atoms with Gasteiger partial charge in [0.2, 0.25) is 0 Å². The highest BCUT2D eigenvalue weighted by Crippen LogP contribution is 2.23. The fraction of sp³-hybridized carbons (Fsp3) is 0. The van der Waals surface area contributed by atoms with Crippen LogP contribution in [0, 0.1) is 9.39 Å². The molecule has 0 aromatic heterocycles. The second-order valence-electron chi connectivity index (χ2n) is 3.54. The van der Waals surface area contributed by atoms with Crippen molar-refractivity contribution < 1.29 is 9.18 Å². The highest BCUT2D eigenvalue weighted by molar-refractivity contribution is 14.1. The molecule has 2 rings (SSSR count). The molecule has 0 unspecified atom stereocenters. The number of halogens is 3. The Morgan fingerprint density at radius 1 is 1.17 bits per heavy atom. The molecule has 0 saturated carbocycles. The zero-order valence-corrected chi connectivity index (χ0v) is 12.0. The van der Waals surface area contributed by atoms with Crippen molar-refractivity contribution >= 4 is 45.8 Å². The molecule has 0 bridgehead atoms. The second-order valence-corrected chi connectivity index (χ2v) is 5.10. The molecule has 0 aliphatic rings. The van der Waals surface area contributed by atoms with E-state index in [1.807, 2.05) is 12.1 Å². The van der Waals surface area contributed by atoms with Crippen molar-refractivity contribution in [1.29, 1.82) is 0 Å². The minimum atomic E-state index is -0.626. The summed E-state index contributed by atoms with van der Waals surface area (Å²) < 4.78 is 14.4. The van der Waals surface area contributed by atoms with Crippen LogP contribution >= 0.6 is 34.2 Å². The zero-order chi connectivity index (χ0) is 13.1. The summed E-state index contributed by atoms with van der Waals surface area (Å²) in [7, 11) is 0. The summed E-state index contributed by atoms with van der Waals surface area (Å²) in [4.78, 5) is 12.0. The average Bonchev–Trinajstić information content (AvgIpc) is 2.35. The van der Waals surface area contributed by atoms with Gasteiger partial charge in [-0.05, 0) is 46.9 Å². The van der Waals surface area contributed by atoms with Gasteiger partial charge in [0, 0.05) is 3.57 Å². The lowest BCUT2D eigenvalue weighted by molar-refractivity contribution is 0.102. The van der Waals surface area contributed by atoms with Crippen molar-refractivity contribution in [2.75, 3.05) is 5.32 Å². The third kappa shape index (κ3) is 2.81. The van der Waals surface area contributed by atoms with Gasteiger partial charge in [-0.2, -0.15) is 0 Å². The van der Waals surface area contributed by atoms with Crippen LogP contribution in [0.4, 0.5) is 10.1 Å². The van der Waals surface area contributed by atoms with Crippen LogP contribution in [0.3, 0.4) is 0 Å². The molecule has 0 radical (unpaired) electrons. The monoisotopic (exact) mass is 375 g/mol. The van der Waals surface area contributed by atoms with Crippen LogP contribution in [0.2, 0.25) is 5.02 Å². The Balaban J connectivity index is 2.27. The second kappa shape index (κ2) is 5.67. The van der Waals surface area contributed by atoms with E-state index in [4.69, 9.17) is 11.6 Å². The van der Waals surface area contributed by atoms with Gasteiger partial charge in [-0.15, -0.1) is 0 Å². The Bertz CT molecular complexity index is 603. The van der Waals surface area contributed by atoms with Gasteiger partial charge in [0.05, 0.1) is 16.3 Å². The van der Waals surface area contributed by atoms with E-state index in [1.165, 1.54) is 12.1 Å². The summed E-state index contributed by atoms with van der Waals surface area (Å²) in [5.41, 5.74) is 0.574. The Labute approximate surface area is 122 Å². The summed E-state index contributed by atoms with van der Waals surface area (Å²) in [6.45, 7) is 0. The minimum Gasteiger partial charge on any atom is -0.319 e. The number of hydrogen-bond donors (Lipinski definition) is 1. The fourth-order valence-corrected chi connectivity index (χ4v) is 2.24. The molecule has 0 spiro atoms. The van der Waals surface area contributed by atoms with Gasteiger partial charge in [0.1, 0.15) is 0 Å². The molecular weight excluding hydrogens is 368 g/mol. The van der Waals surface area contributed by atoms with Crippen molar-refractivity contribution in [3.05, 3.63) is 62.4 Å². The summed E-state index contributed by atoms with van der Waals surface area (Å²) in [5.74, 6) is -0.986. The number of nitrogens with one attached hydrogen (secondary N) is 1. The van der Waals surface area contributed by atoms with E-state index < -0.39 is 5.82 Å². The maximum absolute atomic E-state index is 13.6. The van der Waals surface area contributed by atoms with Gasteiger partial charge < -0.3 is 5.32 Å². The molecule has 18 heavy (non-hydrogen) atoms. The van der Waals surface area contributed by atoms with Crippen molar-refractivity contribution in [2.45, 2.75) is 0 Å². The Morgan fingerprint density at radius 2 is 1.89 bits per heavy atom. The van der Waals surface area contributed by atoms with E-state index in [1.54, 1.807) is 18.2 Å². The van der Waals surface area contributed by atoms with Crippen molar-refractivity contribution in [2.24, 2.45) is 0 Å². The van der Waals surface area contributed by atoms with Crippen molar-refractivity contribution in [3.63, 3.8) is 0 Å². The van der Waals surface area contributed by atoms with Crippen LogP contribution in [0.25, 0.3) is 0 Å². The third-order valence-electron chi connectivity index (χ3n) is 2.32. The number of benzene rings is 2. The van der Waals surface area contributed by atoms with E-state index in [0.717, 1.165) is 3.57 Å². The van der Waals surface area contributed by atoms with Crippen LogP contribution in [-0.4, -0.2) is 5.91 Å². The van der Waals surface area contributed by atoms with E-state index in [2.05, 4.69) is 27.9 Å². The van der Waals surface area contributed by atoms with E-state index in [0.29, 0.717) is 5.56 Å². The van der Waals surface area contributed by atoms with Gasteiger partial charge in [-0.25, -0.2) is 4.39 Å². The van der Waals surface area contributed by atoms with E-state index >= 15 is 0 Å². The fourth-order valence-electron chi connectivity index (χ4n) is 1.44. The molecule has 0 fully saturated rings. The van der Waals surface area contributed by atoms with Crippen molar-refractivity contribution in [1.82, 2.24) is 0 Å². The summed E-state index contributed by atoms with van der Waals surface area (Å²) in [6.07, 6.45) is 0. The van der Waals surface area contributed by atoms with Gasteiger partial charge in [-0.1, -0.05) is 29.8 Å². The molecule has 0 aliphatic heterocycles. The maximum Gasteiger partial charge on any atom is 0.256 e. The standard InChI is InChI=1S/C13H8ClFINO/c14-9-5-3-7-11(12(9)15)17-13(18)8-4-1-2-6-10(8)16/h1-7H,(H,17,18). The first kappa shape index (κ1) is 13.3. The molecule has 0 atom stereocenters. The summed E-state index contributed by atoms with van der Waals surface area (Å²) >= 11 is 7.70. The highest BCUT2D eigenvalue weighted by atomic mass is 127. The topological polar surface area (TPSA) is 29.1 Å². The normalized spacial score (nSPS) is 10.2. The summed E-state index contributed by atoms with van der Waals surface area (Å²) in [6, 6.07) is 11.6. The molecular formula is C13H8ClFINO. The number of carbonyl (C=O) groups excluding carboxylic acids is 1. The Kier molecular flexibility index (Phi) is 4.19. The Hall–Kier alpha value is -1.14. The first-order valence-corrected chi connectivity index (χ1v) is 6.55. The van der Waals surface area contributed by atoms with E-state index in [-0.39, 0.29) is 16.6 Å². The predicted octanol–water partition coefficient (Wildman–Crippen LogP) is 4.34. The quantitative estimate of drug-likeness (QED) is 0.778. The average molecular weight is 376 g/mol. The lowest BCUT2D eigenvalue weighted by Gasteiger charge is -2.08. The molecule has 0 heterocycles. The number of amides is 1. The first-order chi connectivity index (χ1) is 8.59. The first-order valence-electron chi connectivity index (χ1n) is 5.09. The largest absolute Gasteiger partial charge is 0.319 e. The lowest BCUT2D eigenvalue weighted by Crippen LogP contribution is -2.14. The van der Waals surface area contributed by atoms with Gasteiger partial charge in [0.15, 0.2) is 5.82 Å². The highest BCUT2D eigenvalue weighted by Gasteiger charge is 2.13. The predicted molar refractivity (Wildman–Crippen MR) is 78.5 cm³/mol. The molecule has 5 heteroatoms. The molecule has 2 aromatic rings. The van der Waals surface area contributed by atoms with Gasteiger partial charge >= 0.3 is 0 Å². The lowest BCUT2D eigenvalue weighted by atomic mass is 10.2. The molecule has 1 N–H and O–H groups in total. The minimum absolute atomic E-state index is 0.0180. The zero-order valence-electron chi connectivity index (χ0n) is 9.08. The van der Waals surface area contributed by atoms with E-state index in [9.17, 15) is 9.18 Å². The number of carbonyl (C=O) groups is 1. The smallest absolute Gasteiger partial charge is 0.256 e. The third-order valence-corrected chi connectivity index (χ3v) is 3.55. The van der Waals surface area contributed by atoms with Crippen LogP contribution < -0.4 is 5.32 Å². The summed E-state index contributed by atoms with van der Waals surface area (Å²) in [5, 5.41) is 2.49. The number of rotatable bonds is 2. The SMILES string of the molecule is O=C(Nc1cccc(Cl)c1F)c1ccccc1I. The van der Waals surface area contributed by atoms with Gasteiger partial charge in [0.25, 0.3) is 5.91 Å². The molecule has 1 amide bonds. The Morgan fingerprint density at radius 3 is 2.61 bits per heavy atom. The van der Waals surface area contributed by atoms with Crippen LogP contribution in [0.15, 0.2) is 42.5 Å². The van der Waals surface area contributed by atoms with Gasteiger partial charge in [-0.3, -0.25) is 4.79 Å². The number of anilines is 1. The van der Waals surface area contributed by atoms with Crippen molar-refractivity contribution in [3.8, 4) is 0 Å². The van der Waals surface area contributed by atoms with Crippen LogP contribution in [0.5, 0.6) is 0 Å². The van der Waals surface area contributed by atoms with Crippen LogP contribution in [-0.2, 0) is 0 Å². The molecule has 2 aromatic carbocycles. The maximum atomic E-state index is 13.6. The number of hydrogen-bond acceptors (Lipinski definition) is 1. The molecule has 0 saturated heterocycles.